The zero-order valence-electron chi connectivity index (χ0n) is 9.00. The van der Waals surface area contributed by atoms with Gasteiger partial charge in [-0.25, -0.2) is 0 Å². The summed E-state index contributed by atoms with van der Waals surface area (Å²) in [4.78, 5) is 11.1. The summed E-state index contributed by atoms with van der Waals surface area (Å²) in [5, 5.41) is 9.16. The summed E-state index contributed by atoms with van der Waals surface area (Å²) in [6.45, 7) is 0. The van der Waals surface area contributed by atoms with Gasteiger partial charge >= 0.3 is 5.97 Å². The van der Waals surface area contributed by atoms with Crippen molar-refractivity contribution in [1.82, 2.24) is 0 Å². The molecule has 2 rings (SSSR count). The molecule has 0 bridgehead atoms. The van der Waals surface area contributed by atoms with Crippen LogP contribution in [0.3, 0.4) is 0 Å². The van der Waals surface area contributed by atoms with Crippen molar-refractivity contribution in [3.8, 4) is 5.75 Å². The molecule has 0 aliphatic heterocycles. The lowest BCUT2D eigenvalue weighted by atomic mass is 9.96. The largest absolute Gasteiger partial charge is 0.496 e. The minimum atomic E-state index is -0.703. The maximum absolute atomic E-state index is 11.1. The fraction of sp³-hybridized carbons (Fsp3) is 0.417. The van der Waals surface area contributed by atoms with Crippen molar-refractivity contribution in [2.24, 2.45) is 5.41 Å². The van der Waals surface area contributed by atoms with Gasteiger partial charge in [-0.05, 0) is 31.4 Å². The zero-order valence-corrected chi connectivity index (χ0v) is 10.6. The van der Waals surface area contributed by atoms with Crippen LogP contribution in [0.25, 0.3) is 0 Å². The Balaban J connectivity index is 2.31. The number of ether oxygens (including phenoxy) is 1. The summed E-state index contributed by atoms with van der Waals surface area (Å²) in [6.07, 6.45) is 2.05. The first-order valence-corrected chi connectivity index (χ1v) is 5.93. The number of hydrogen-bond donors (Lipinski definition) is 1. The molecule has 0 heterocycles. The number of hydrogen-bond acceptors (Lipinski definition) is 2. The molecular formula is C12H13BrO3. The lowest BCUT2D eigenvalue weighted by molar-refractivity contribution is -0.143. The molecule has 0 unspecified atom stereocenters. The molecule has 0 amide bonds. The molecule has 1 saturated carbocycles. The van der Waals surface area contributed by atoms with E-state index >= 15 is 0 Å². The van der Waals surface area contributed by atoms with Gasteiger partial charge in [0, 0.05) is 10.0 Å². The van der Waals surface area contributed by atoms with E-state index in [0.717, 1.165) is 28.6 Å². The van der Waals surface area contributed by atoms with Crippen LogP contribution in [0.5, 0.6) is 5.75 Å². The van der Waals surface area contributed by atoms with Gasteiger partial charge in [-0.2, -0.15) is 0 Å². The van der Waals surface area contributed by atoms with Gasteiger partial charge in [0.2, 0.25) is 0 Å². The predicted octanol–water partition coefficient (Wildman–Crippen LogP) is 2.87. The van der Waals surface area contributed by atoms with E-state index in [0.29, 0.717) is 6.42 Å². The number of methoxy groups -OCH3 is 1. The van der Waals surface area contributed by atoms with Crippen molar-refractivity contribution in [3.05, 3.63) is 28.2 Å². The Kier molecular flexibility index (Phi) is 2.93. The highest BCUT2D eigenvalue weighted by molar-refractivity contribution is 9.10. The van der Waals surface area contributed by atoms with Crippen LogP contribution in [0.4, 0.5) is 0 Å². The van der Waals surface area contributed by atoms with E-state index in [1.807, 2.05) is 18.2 Å². The third-order valence-electron chi connectivity index (χ3n) is 3.12. The molecule has 3 nitrogen and oxygen atoms in total. The molecule has 4 heteroatoms. The van der Waals surface area contributed by atoms with Crippen molar-refractivity contribution in [3.63, 3.8) is 0 Å². The van der Waals surface area contributed by atoms with Gasteiger partial charge in [0.15, 0.2) is 0 Å². The first-order chi connectivity index (χ1) is 7.59. The standard InChI is InChI=1S/C12H13BrO3/c1-16-10-4-2-3-9(13)8(10)7-12(5-6-12)11(14)15/h2-4H,5-7H2,1H3,(H,14,15). The fourth-order valence-electron chi connectivity index (χ4n) is 1.86. The normalized spacial score (nSPS) is 16.9. The molecule has 0 aromatic heterocycles. The van der Waals surface area contributed by atoms with Crippen LogP contribution in [0, 0.1) is 5.41 Å². The Morgan fingerprint density at radius 2 is 2.25 bits per heavy atom. The molecule has 1 N–H and O–H groups in total. The summed E-state index contributed by atoms with van der Waals surface area (Å²) >= 11 is 3.44. The van der Waals surface area contributed by atoms with E-state index in [4.69, 9.17) is 9.84 Å². The second kappa shape index (κ2) is 4.09. The maximum atomic E-state index is 11.1. The Hall–Kier alpha value is -1.03. The van der Waals surface area contributed by atoms with Gasteiger partial charge in [-0.1, -0.05) is 22.0 Å². The van der Waals surface area contributed by atoms with Gasteiger partial charge in [-0.3, -0.25) is 4.79 Å². The summed E-state index contributed by atoms with van der Waals surface area (Å²) in [5.41, 5.74) is 0.391. The van der Waals surface area contributed by atoms with E-state index in [1.165, 1.54) is 0 Å². The maximum Gasteiger partial charge on any atom is 0.309 e. The molecule has 16 heavy (non-hydrogen) atoms. The number of rotatable bonds is 4. The number of benzene rings is 1. The molecule has 0 spiro atoms. The average molecular weight is 285 g/mol. The Bertz CT molecular complexity index is 424. The molecular weight excluding hydrogens is 272 g/mol. The Labute approximate surface area is 103 Å². The lowest BCUT2D eigenvalue weighted by Gasteiger charge is -2.14. The number of halogens is 1. The first-order valence-electron chi connectivity index (χ1n) is 5.14. The van der Waals surface area contributed by atoms with Gasteiger partial charge in [0.1, 0.15) is 5.75 Å². The Morgan fingerprint density at radius 1 is 1.56 bits per heavy atom. The highest BCUT2D eigenvalue weighted by Crippen LogP contribution is 2.50. The number of carbonyl (C=O) groups is 1. The van der Waals surface area contributed by atoms with Crippen LogP contribution in [0.15, 0.2) is 22.7 Å². The summed E-state index contributed by atoms with van der Waals surface area (Å²) in [7, 11) is 1.60. The second-order valence-electron chi connectivity index (χ2n) is 4.18. The minimum Gasteiger partial charge on any atom is -0.496 e. The molecule has 1 aliphatic carbocycles. The van der Waals surface area contributed by atoms with Crippen molar-refractivity contribution >= 4 is 21.9 Å². The number of aliphatic carboxylic acids is 1. The number of carboxylic acids is 1. The van der Waals surface area contributed by atoms with Crippen molar-refractivity contribution < 1.29 is 14.6 Å². The van der Waals surface area contributed by atoms with Gasteiger partial charge in [0.05, 0.1) is 12.5 Å². The average Bonchev–Trinajstić information content (AvgIpc) is 3.02. The SMILES string of the molecule is COc1cccc(Br)c1CC1(C(=O)O)CC1. The third kappa shape index (κ3) is 1.94. The summed E-state index contributed by atoms with van der Waals surface area (Å²) in [6, 6.07) is 5.65. The molecule has 1 fully saturated rings. The van der Waals surface area contributed by atoms with E-state index in [2.05, 4.69) is 15.9 Å². The molecule has 1 aromatic carbocycles. The van der Waals surface area contributed by atoms with Crippen LogP contribution in [0.1, 0.15) is 18.4 Å². The molecule has 0 saturated heterocycles. The van der Waals surface area contributed by atoms with Crippen molar-refractivity contribution in [1.29, 1.82) is 0 Å². The Morgan fingerprint density at radius 3 is 2.75 bits per heavy atom. The summed E-state index contributed by atoms with van der Waals surface area (Å²) < 4.78 is 6.17. The first kappa shape index (κ1) is 11.5. The smallest absolute Gasteiger partial charge is 0.309 e. The molecule has 86 valence electrons. The highest BCUT2D eigenvalue weighted by atomic mass is 79.9. The van der Waals surface area contributed by atoms with E-state index in [-0.39, 0.29) is 0 Å². The molecule has 0 radical (unpaired) electrons. The second-order valence-corrected chi connectivity index (χ2v) is 5.04. The predicted molar refractivity (Wildman–Crippen MR) is 63.7 cm³/mol. The monoisotopic (exact) mass is 284 g/mol. The fourth-order valence-corrected chi connectivity index (χ4v) is 2.35. The van der Waals surface area contributed by atoms with E-state index < -0.39 is 11.4 Å². The van der Waals surface area contributed by atoms with Crippen molar-refractivity contribution in [2.45, 2.75) is 19.3 Å². The number of carboxylic acid groups (broad SMARTS) is 1. The molecule has 1 aromatic rings. The van der Waals surface area contributed by atoms with Crippen LogP contribution in [0.2, 0.25) is 0 Å². The highest BCUT2D eigenvalue weighted by Gasteiger charge is 2.50. The quantitative estimate of drug-likeness (QED) is 0.925. The molecule has 0 atom stereocenters. The lowest BCUT2D eigenvalue weighted by Crippen LogP contribution is -2.18. The van der Waals surface area contributed by atoms with Gasteiger partial charge in [0.25, 0.3) is 0 Å². The van der Waals surface area contributed by atoms with Gasteiger partial charge < -0.3 is 9.84 Å². The van der Waals surface area contributed by atoms with E-state index in [9.17, 15) is 4.79 Å². The van der Waals surface area contributed by atoms with Crippen LogP contribution >= 0.6 is 15.9 Å². The third-order valence-corrected chi connectivity index (χ3v) is 3.86. The van der Waals surface area contributed by atoms with E-state index in [1.54, 1.807) is 7.11 Å². The molecule has 1 aliphatic rings. The topological polar surface area (TPSA) is 46.5 Å². The van der Waals surface area contributed by atoms with Crippen LogP contribution < -0.4 is 4.74 Å². The summed E-state index contributed by atoms with van der Waals surface area (Å²) in [5.74, 6) is 0.0483. The van der Waals surface area contributed by atoms with Crippen molar-refractivity contribution in [2.75, 3.05) is 7.11 Å². The van der Waals surface area contributed by atoms with Crippen LogP contribution in [-0.2, 0) is 11.2 Å². The zero-order chi connectivity index (χ0) is 11.8. The van der Waals surface area contributed by atoms with Gasteiger partial charge in [-0.15, -0.1) is 0 Å². The minimum absolute atomic E-state index is 0.535. The van der Waals surface area contributed by atoms with Crippen LogP contribution in [-0.4, -0.2) is 18.2 Å².